The van der Waals surface area contributed by atoms with Crippen molar-refractivity contribution < 1.29 is 32.2 Å². The Morgan fingerprint density at radius 2 is 1.88 bits per heavy atom. The predicted octanol–water partition coefficient (Wildman–Crippen LogP) is 5.46. The monoisotopic (exact) mass is 558 g/mol. The average Bonchev–Trinajstić information content (AvgIpc) is 2.95. The second-order valence-corrected chi connectivity index (χ2v) is 9.59. The number of nitrogens with zero attached hydrogens (tertiary/aromatic N) is 3. The summed E-state index contributed by atoms with van der Waals surface area (Å²) in [5.74, 6) is -0.154. The number of allylic oxidation sites excluding steroid dienone is 2. The first-order chi connectivity index (χ1) is 19.2. The van der Waals surface area contributed by atoms with Gasteiger partial charge in [-0.15, -0.1) is 0 Å². The number of benzene rings is 1. The minimum Gasteiger partial charge on any atom is -0.473 e. The molecule has 2 aliphatic rings. The molecule has 1 aromatic heterocycles. The summed E-state index contributed by atoms with van der Waals surface area (Å²) in [5.41, 5.74) is 2.35. The summed E-state index contributed by atoms with van der Waals surface area (Å²) in [6.45, 7) is 11.1. The quantitative estimate of drug-likeness (QED) is 0.263. The van der Waals surface area contributed by atoms with Crippen LogP contribution < -0.4 is 5.32 Å². The minimum atomic E-state index is -4.51. The van der Waals surface area contributed by atoms with E-state index in [0.29, 0.717) is 56.7 Å². The molecule has 11 heteroatoms. The number of aromatic nitrogens is 1. The Labute approximate surface area is 231 Å². The molecule has 8 nitrogen and oxygen atoms in total. The summed E-state index contributed by atoms with van der Waals surface area (Å²) in [5, 5.41) is 2.54. The number of halogens is 3. The lowest BCUT2D eigenvalue weighted by atomic mass is 10.0. The summed E-state index contributed by atoms with van der Waals surface area (Å²) < 4.78 is 56.5. The molecule has 0 bridgehead atoms. The van der Waals surface area contributed by atoms with E-state index in [1.807, 2.05) is 19.9 Å². The number of pyridine rings is 1. The van der Waals surface area contributed by atoms with Gasteiger partial charge in [0.25, 0.3) is 5.91 Å². The molecule has 214 valence electrons. The highest BCUT2D eigenvalue weighted by Crippen LogP contribution is 2.31. The molecule has 1 amide bonds. The number of amides is 1. The van der Waals surface area contributed by atoms with Crippen molar-refractivity contribution in [2.24, 2.45) is 4.99 Å². The summed E-state index contributed by atoms with van der Waals surface area (Å²) in [4.78, 5) is 23.7. The van der Waals surface area contributed by atoms with E-state index in [0.717, 1.165) is 36.2 Å². The molecule has 1 aromatic carbocycles. The van der Waals surface area contributed by atoms with Crippen LogP contribution in [0, 0.1) is 6.92 Å². The third kappa shape index (κ3) is 7.48. The van der Waals surface area contributed by atoms with Crippen molar-refractivity contribution in [3.8, 4) is 0 Å². The second-order valence-electron chi connectivity index (χ2n) is 9.59. The van der Waals surface area contributed by atoms with Gasteiger partial charge in [-0.3, -0.25) is 9.78 Å². The van der Waals surface area contributed by atoms with Crippen LogP contribution in [0.3, 0.4) is 0 Å². The zero-order valence-corrected chi connectivity index (χ0v) is 22.6. The number of anilines is 1. The zero-order chi connectivity index (χ0) is 28.7. The molecular weight excluding hydrogens is 525 g/mol. The van der Waals surface area contributed by atoms with Gasteiger partial charge >= 0.3 is 6.18 Å². The van der Waals surface area contributed by atoms with Gasteiger partial charge in [0.1, 0.15) is 11.8 Å². The van der Waals surface area contributed by atoms with Gasteiger partial charge in [0, 0.05) is 43.5 Å². The SMILES string of the molecule is C=N/C(OC1CCOCC1)=C(\C=C(/C)c1cc(C(=O)Nc2cccc(C(F)(F)F)c2)cnc1C)N1CCOCC1. The largest absolute Gasteiger partial charge is 0.473 e. The van der Waals surface area contributed by atoms with Crippen LogP contribution in [-0.2, 0) is 20.4 Å². The maximum Gasteiger partial charge on any atom is 0.416 e. The number of alkyl halides is 3. The first-order valence-corrected chi connectivity index (χ1v) is 13.1. The average molecular weight is 559 g/mol. The van der Waals surface area contributed by atoms with Crippen LogP contribution >= 0.6 is 0 Å². The molecule has 2 fully saturated rings. The van der Waals surface area contributed by atoms with Crippen molar-refractivity contribution in [2.45, 2.75) is 39.0 Å². The Balaban J connectivity index is 1.63. The fraction of sp³-hybridized carbons (Fsp3) is 0.414. The van der Waals surface area contributed by atoms with Crippen LogP contribution in [0.1, 0.15) is 46.9 Å². The third-order valence-corrected chi connectivity index (χ3v) is 6.74. The van der Waals surface area contributed by atoms with Gasteiger partial charge in [0.05, 0.1) is 37.6 Å². The van der Waals surface area contributed by atoms with Crippen molar-refractivity contribution in [2.75, 3.05) is 44.8 Å². The maximum atomic E-state index is 13.1. The molecule has 3 heterocycles. The molecule has 4 rings (SSSR count). The maximum absolute atomic E-state index is 13.1. The Morgan fingerprint density at radius 1 is 1.18 bits per heavy atom. The highest BCUT2D eigenvalue weighted by atomic mass is 19.4. The number of hydrogen-bond donors (Lipinski definition) is 1. The van der Waals surface area contributed by atoms with Gasteiger partial charge in [-0.05, 0) is 62.0 Å². The lowest BCUT2D eigenvalue weighted by Crippen LogP contribution is -2.36. The molecular formula is C29H33F3N4O4. The van der Waals surface area contributed by atoms with Gasteiger partial charge in [0.15, 0.2) is 0 Å². The van der Waals surface area contributed by atoms with Crippen LogP contribution in [-0.4, -0.2) is 68.1 Å². The molecule has 2 aliphatic heterocycles. The number of aryl methyl sites for hydroxylation is 1. The minimum absolute atomic E-state index is 0.0368. The van der Waals surface area contributed by atoms with E-state index in [1.54, 1.807) is 6.07 Å². The van der Waals surface area contributed by atoms with E-state index in [1.165, 1.54) is 18.3 Å². The number of ether oxygens (including phenoxy) is 3. The highest BCUT2D eigenvalue weighted by Gasteiger charge is 2.30. The number of morpholine rings is 1. The first-order valence-electron chi connectivity index (χ1n) is 13.1. The topological polar surface area (TPSA) is 85.3 Å². The Morgan fingerprint density at radius 3 is 2.55 bits per heavy atom. The lowest BCUT2D eigenvalue weighted by molar-refractivity contribution is -0.137. The summed E-state index contributed by atoms with van der Waals surface area (Å²) in [6.07, 6.45) is 0.297. The molecule has 0 unspecified atom stereocenters. The Hall–Kier alpha value is -3.70. The van der Waals surface area contributed by atoms with E-state index in [4.69, 9.17) is 14.2 Å². The van der Waals surface area contributed by atoms with Crippen molar-refractivity contribution in [3.63, 3.8) is 0 Å². The molecule has 2 aromatic rings. The number of nitrogens with one attached hydrogen (secondary N) is 1. The zero-order valence-electron chi connectivity index (χ0n) is 22.6. The number of rotatable bonds is 8. The van der Waals surface area contributed by atoms with E-state index in [2.05, 4.69) is 26.9 Å². The van der Waals surface area contributed by atoms with E-state index >= 15 is 0 Å². The van der Waals surface area contributed by atoms with Crippen molar-refractivity contribution in [1.29, 1.82) is 0 Å². The molecule has 2 saturated heterocycles. The Kier molecular flexibility index (Phi) is 9.59. The summed E-state index contributed by atoms with van der Waals surface area (Å²) in [6, 6.07) is 6.18. The smallest absolute Gasteiger partial charge is 0.416 e. The predicted molar refractivity (Wildman–Crippen MR) is 146 cm³/mol. The second kappa shape index (κ2) is 13.1. The normalized spacial score (nSPS) is 17.7. The van der Waals surface area contributed by atoms with Crippen LogP contribution in [0.2, 0.25) is 0 Å². The molecule has 0 atom stereocenters. The van der Waals surface area contributed by atoms with Gasteiger partial charge in [-0.2, -0.15) is 13.2 Å². The number of aliphatic imine (C=N–C) groups is 1. The van der Waals surface area contributed by atoms with Gasteiger partial charge in [-0.25, -0.2) is 4.99 Å². The standard InChI is InChI=1S/C29H33F3N4O4/c1-19(15-26(36-9-13-39-14-10-36)28(33-3)40-24-7-11-38-12-8-24)25-16-21(18-34-20(25)2)27(37)35-23-6-4-5-22(17-23)29(30,31)32/h4-6,15-18,24H,3,7-14H2,1-2H3,(H,35,37)/b19-15+,28-26-. The molecule has 0 aliphatic carbocycles. The van der Waals surface area contributed by atoms with Gasteiger partial charge in [0.2, 0.25) is 5.88 Å². The fourth-order valence-corrected chi connectivity index (χ4v) is 4.54. The molecule has 1 N–H and O–H groups in total. The number of carbonyl (C=O) groups is 1. The molecule has 0 saturated carbocycles. The number of hydrogen-bond acceptors (Lipinski definition) is 7. The summed E-state index contributed by atoms with van der Waals surface area (Å²) in [7, 11) is 0. The van der Waals surface area contributed by atoms with Crippen molar-refractivity contribution in [3.05, 3.63) is 76.6 Å². The Bertz CT molecular complexity index is 1280. The molecule has 0 radical (unpaired) electrons. The van der Waals surface area contributed by atoms with Crippen LogP contribution in [0.15, 0.2) is 59.2 Å². The van der Waals surface area contributed by atoms with E-state index in [-0.39, 0.29) is 17.4 Å². The van der Waals surface area contributed by atoms with E-state index in [9.17, 15) is 18.0 Å². The van der Waals surface area contributed by atoms with Crippen LogP contribution in [0.25, 0.3) is 5.57 Å². The third-order valence-electron chi connectivity index (χ3n) is 6.74. The first kappa shape index (κ1) is 29.3. The number of carbonyl (C=O) groups excluding carboxylic acids is 1. The summed E-state index contributed by atoms with van der Waals surface area (Å²) >= 11 is 0. The van der Waals surface area contributed by atoms with Crippen molar-refractivity contribution in [1.82, 2.24) is 9.88 Å². The lowest BCUT2D eigenvalue weighted by Gasteiger charge is -2.32. The molecule has 40 heavy (non-hydrogen) atoms. The van der Waals surface area contributed by atoms with Gasteiger partial charge < -0.3 is 24.4 Å². The van der Waals surface area contributed by atoms with E-state index < -0.39 is 17.6 Å². The van der Waals surface area contributed by atoms with Crippen LogP contribution in [0.4, 0.5) is 18.9 Å². The molecule has 0 spiro atoms. The van der Waals surface area contributed by atoms with Crippen molar-refractivity contribution >= 4 is 23.9 Å². The van der Waals surface area contributed by atoms with Crippen LogP contribution in [0.5, 0.6) is 0 Å². The highest BCUT2D eigenvalue weighted by molar-refractivity contribution is 6.04. The fourth-order valence-electron chi connectivity index (χ4n) is 4.54. The van der Waals surface area contributed by atoms with Gasteiger partial charge in [-0.1, -0.05) is 6.07 Å².